The molecule has 3 rings (SSSR count). The highest BCUT2D eigenvalue weighted by Gasteiger charge is 2.38. The molecule has 0 heterocycles. The molecule has 0 radical (unpaired) electrons. The minimum atomic E-state index is -0.0875. The fourth-order valence-corrected chi connectivity index (χ4v) is 3.26. The lowest BCUT2D eigenvalue weighted by Gasteiger charge is -2.42. The van der Waals surface area contributed by atoms with Crippen LogP contribution in [-0.2, 0) is 12.0 Å². The Kier molecular flexibility index (Phi) is 4.65. The van der Waals surface area contributed by atoms with Crippen LogP contribution < -0.4 is 10.6 Å². The lowest BCUT2D eigenvalue weighted by molar-refractivity contribution is 0.214. The Morgan fingerprint density at radius 1 is 1.00 bits per heavy atom. The summed E-state index contributed by atoms with van der Waals surface area (Å²) < 4.78 is 0. The van der Waals surface area contributed by atoms with E-state index in [1.165, 1.54) is 17.5 Å². The second-order valence-electron chi connectivity index (χ2n) is 6.46. The zero-order valence-corrected chi connectivity index (χ0v) is 13.6. The summed E-state index contributed by atoms with van der Waals surface area (Å²) in [6.07, 6.45) is 3.53. The van der Waals surface area contributed by atoms with E-state index in [1.54, 1.807) is 0 Å². The maximum atomic E-state index is 12.1. The first-order valence-electron chi connectivity index (χ1n) is 8.31. The van der Waals surface area contributed by atoms with Crippen molar-refractivity contribution in [2.45, 2.75) is 38.1 Å². The summed E-state index contributed by atoms with van der Waals surface area (Å²) in [7, 11) is 0. The van der Waals surface area contributed by atoms with Crippen LogP contribution in [0.15, 0.2) is 54.6 Å². The molecule has 0 atom stereocenters. The molecule has 2 aromatic rings. The van der Waals surface area contributed by atoms with Gasteiger partial charge in [-0.3, -0.25) is 0 Å². The molecule has 0 spiro atoms. The quantitative estimate of drug-likeness (QED) is 0.863. The molecule has 3 heteroatoms. The van der Waals surface area contributed by atoms with Crippen molar-refractivity contribution in [1.82, 2.24) is 10.6 Å². The lowest BCUT2D eigenvalue weighted by Crippen LogP contribution is -2.48. The van der Waals surface area contributed by atoms with Crippen molar-refractivity contribution in [3.63, 3.8) is 0 Å². The zero-order chi connectivity index (χ0) is 16.1. The molecule has 0 bridgehead atoms. The van der Waals surface area contributed by atoms with Crippen LogP contribution in [0, 0.1) is 6.92 Å². The van der Waals surface area contributed by atoms with Crippen molar-refractivity contribution >= 4 is 6.03 Å². The molecule has 0 aromatic heterocycles. The number of aryl methyl sites for hydroxylation is 1. The van der Waals surface area contributed by atoms with Gasteiger partial charge < -0.3 is 10.6 Å². The van der Waals surface area contributed by atoms with Gasteiger partial charge in [-0.15, -0.1) is 0 Å². The van der Waals surface area contributed by atoms with Crippen molar-refractivity contribution in [1.29, 1.82) is 0 Å². The van der Waals surface area contributed by atoms with Gasteiger partial charge in [0, 0.05) is 18.5 Å². The Balaban J connectivity index is 1.53. The predicted octanol–water partition coefficient (Wildman–Crippen LogP) is 3.92. The highest BCUT2D eigenvalue weighted by atomic mass is 16.2. The van der Waals surface area contributed by atoms with E-state index in [9.17, 15) is 4.79 Å². The van der Waals surface area contributed by atoms with Gasteiger partial charge in [0.1, 0.15) is 0 Å². The Hall–Kier alpha value is -2.29. The third-order valence-corrected chi connectivity index (χ3v) is 4.98. The number of urea groups is 1. The second-order valence-corrected chi connectivity index (χ2v) is 6.46. The molecule has 1 fully saturated rings. The molecule has 2 aromatic carbocycles. The average Bonchev–Trinajstić information content (AvgIpc) is 2.54. The van der Waals surface area contributed by atoms with Crippen molar-refractivity contribution in [3.05, 3.63) is 71.3 Å². The number of carbonyl (C=O) groups excluding carboxylic acids is 1. The summed E-state index contributed by atoms with van der Waals surface area (Å²) in [5, 5.41) is 6.03. The normalized spacial score (nSPS) is 15.5. The first kappa shape index (κ1) is 15.6. The Morgan fingerprint density at radius 2 is 1.70 bits per heavy atom. The van der Waals surface area contributed by atoms with Gasteiger partial charge in [-0.25, -0.2) is 4.79 Å². The van der Waals surface area contributed by atoms with Crippen LogP contribution in [0.2, 0.25) is 0 Å². The molecule has 3 nitrogen and oxygen atoms in total. The fourth-order valence-electron chi connectivity index (χ4n) is 3.26. The van der Waals surface area contributed by atoms with Crippen molar-refractivity contribution < 1.29 is 4.79 Å². The van der Waals surface area contributed by atoms with Crippen molar-refractivity contribution in [2.75, 3.05) is 6.54 Å². The SMILES string of the molecule is Cc1ccccc1CNC(=O)NCC1(c2ccccc2)CCC1. The summed E-state index contributed by atoms with van der Waals surface area (Å²) in [5.74, 6) is 0. The Morgan fingerprint density at radius 3 is 2.35 bits per heavy atom. The molecule has 23 heavy (non-hydrogen) atoms. The Labute approximate surface area is 138 Å². The third kappa shape index (κ3) is 3.55. The summed E-state index contributed by atoms with van der Waals surface area (Å²) in [6, 6.07) is 18.6. The summed E-state index contributed by atoms with van der Waals surface area (Å²) in [5.41, 5.74) is 3.82. The van der Waals surface area contributed by atoms with Gasteiger partial charge in [0.2, 0.25) is 0 Å². The zero-order valence-electron chi connectivity index (χ0n) is 13.6. The minimum Gasteiger partial charge on any atom is -0.337 e. The van der Waals surface area contributed by atoms with Gasteiger partial charge >= 0.3 is 6.03 Å². The largest absolute Gasteiger partial charge is 0.337 e. The van der Waals surface area contributed by atoms with Crippen LogP contribution in [0.4, 0.5) is 4.79 Å². The van der Waals surface area contributed by atoms with Gasteiger partial charge in [-0.1, -0.05) is 61.0 Å². The number of rotatable bonds is 5. The second kappa shape index (κ2) is 6.86. The molecule has 0 unspecified atom stereocenters. The van der Waals surface area contributed by atoms with Gasteiger partial charge in [0.15, 0.2) is 0 Å². The van der Waals surface area contributed by atoms with Crippen LogP contribution in [-0.4, -0.2) is 12.6 Å². The Bertz CT molecular complexity index is 662. The van der Waals surface area contributed by atoms with Crippen LogP contribution in [0.3, 0.4) is 0 Å². The van der Waals surface area contributed by atoms with E-state index in [-0.39, 0.29) is 11.4 Å². The van der Waals surface area contributed by atoms with E-state index >= 15 is 0 Å². The van der Waals surface area contributed by atoms with Crippen molar-refractivity contribution in [2.24, 2.45) is 0 Å². The number of hydrogen-bond donors (Lipinski definition) is 2. The third-order valence-electron chi connectivity index (χ3n) is 4.98. The van der Waals surface area contributed by atoms with E-state index in [4.69, 9.17) is 0 Å². The maximum absolute atomic E-state index is 12.1. The van der Waals surface area contributed by atoms with E-state index in [1.807, 2.05) is 24.3 Å². The monoisotopic (exact) mass is 308 g/mol. The maximum Gasteiger partial charge on any atom is 0.315 e. The molecule has 1 aliphatic rings. The standard InChI is InChI=1S/C20H24N2O/c1-16-8-5-6-9-17(16)14-21-19(23)22-15-20(12-7-13-20)18-10-3-2-4-11-18/h2-6,8-11H,7,12-15H2,1H3,(H2,21,22,23). The average molecular weight is 308 g/mol. The molecule has 0 aliphatic heterocycles. The minimum absolute atomic E-state index is 0.0875. The molecular formula is C20H24N2O. The van der Waals surface area contributed by atoms with Gasteiger partial charge in [0.05, 0.1) is 0 Å². The van der Waals surface area contributed by atoms with Gasteiger partial charge in [0.25, 0.3) is 0 Å². The summed E-state index contributed by atoms with van der Waals surface area (Å²) >= 11 is 0. The number of carbonyl (C=O) groups is 1. The summed E-state index contributed by atoms with van der Waals surface area (Å²) in [4.78, 5) is 12.1. The van der Waals surface area contributed by atoms with Crippen LogP contribution >= 0.6 is 0 Å². The highest BCUT2D eigenvalue weighted by molar-refractivity contribution is 5.74. The first-order valence-corrected chi connectivity index (χ1v) is 8.31. The highest BCUT2D eigenvalue weighted by Crippen LogP contribution is 2.43. The molecule has 2 amide bonds. The van der Waals surface area contributed by atoms with Crippen LogP contribution in [0.5, 0.6) is 0 Å². The molecule has 0 saturated heterocycles. The smallest absolute Gasteiger partial charge is 0.315 e. The first-order chi connectivity index (χ1) is 11.2. The van der Waals surface area contributed by atoms with E-state index in [2.05, 4.69) is 47.9 Å². The van der Waals surface area contributed by atoms with E-state index in [0.717, 1.165) is 18.4 Å². The van der Waals surface area contributed by atoms with Gasteiger partial charge in [-0.2, -0.15) is 0 Å². The molecular weight excluding hydrogens is 284 g/mol. The molecule has 120 valence electrons. The van der Waals surface area contributed by atoms with Crippen LogP contribution in [0.25, 0.3) is 0 Å². The fraction of sp³-hybridized carbons (Fsp3) is 0.350. The predicted molar refractivity (Wildman–Crippen MR) is 93.4 cm³/mol. The topological polar surface area (TPSA) is 41.1 Å². The van der Waals surface area contributed by atoms with E-state index in [0.29, 0.717) is 13.1 Å². The lowest BCUT2D eigenvalue weighted by atomic mass is 9.64. The molecule has 2 N–H and O–H groups in total. The number of nitrogens with one attached hydrogen (secondary N) is 2. The number of amides is 2. The molecule has 1 saturated carbocycles. The van der Waals surface area contributed by atoms with Gasteiger partial charge in [-0.05, 0) is 36.5 Å². The number of benzene rings is 2. The number of hydrogen-bond acceptors (Lipinski definition) is 1. The van der Waals surface area contributed by atoms with Crippen molar-refractivity contribution in [3.8, 4) is 0 Å². The van der Waals surface area contributed by atoms with E-state index < -0.39 is 0 Å². The van der Waals surface area contributed by atoms with Crippen LogP contribution in [0.1, 0.15) is 36.0 Å². The molecule has 1 aliphatic carbocycles. The summed E-state index contributed by atoms with van der Waals surface area (Å²) in [6.45, 7) is 3.33.